The molecule has 5 rings (SSSR count). The van der Waals surface area contributed by atoms with E-state index in [0.717, 1.165) is 5.92 Å². The fraction of sp³-hybridized carbons (Fsp3) is 0.889. The summed E-state index contributed by atoms with van der Waals surface area (Å²) in [6, 6.07) is 0. The van der Waals surface area contributed by atoms with Gasteiger partial charge in [-0.05, 0) is 76.0 Å². The SMILES string of the molecule is CC12CC3CC(C)(C1)CC(c1nncn1C(C)(C)C)(C3)C2. The lowest BCUT2D eigenvalue weighted by Gasteiger charge is -2.65. The van der Waals surface area contributed by atoms with Crippen molar-refractivity contribution < 1.29 is 0 Å². The van der Waals surface area contributed by atoms with Gasteiger partial charge in [-0.1, -0.05) is 13.8 Å². The molecule has 0 radical (unpaired) electrons. The molecule has 0 aliphatic heterocycles. The van der Waals surface area contributed by atoms with Crippen LogP contribution >= 0.6 is 0 Å². The van der Waals surface area contributed by atoms with E-state index in [4.69, 9.17) is 0 Å². The summed E-state index contributed by atoms with van der Waals surface area (Å²) in [5.74, 6) is 2.18. The Hall–Kier alpha value is -0.860. The highest BCUT2D eigenvalue weighted by Crippen LogP contribution is 2.69. The zero-order valence-electron chi connectivity index (χ0n) is 14.2. The highest BCUT2D eigenvalue weighted by Gasteiger charge is 2.62. The van der Waals surface area contributed by atoms with Crippen molar-refractivity contribution in [2.45, 2.75) is 84.1 Å². The van der Waals surface area contributed by atoms with Crippen LogP contribution in [0.4, 0.5) is 0 Å². The fourth-order valence-corrected chi connectivity index (χ4v) is 6.78. The molecule has 1 aromatic rings. The Bertz CT molecular complexity index is 562. The number of hydrogen-bond acceptors (Lipinski definition) is 2. The first-order chi connectivity index (χ1) is 9.63. The van der Waals surface area contributed by atoms with Gasteiger partial charge in [0.15, 0.2) is 0 Å². The van der Waals surface area contributed by atoms with Crippen LogP contribution in [0.5, 0.6) is 0 Å². The van der Waals surface area contributed by atoms with E-state index in [1.807, 2.05) is 6.33 Å². The molecule has 2 atom stereocenters. The van der Waals surface area contributed by atoms with Gasteiger partial charge in [-0.25, -0.2) is 0 Å². The van der Waals surface area contributed by atoms with Crippen molar-refractivity contribution in [3.05, 3.63) is 12.2 Å². The number of aromatic nitrogens is 3. The molecule has 0 N–H and O–H groups in total. The Morgan fingerprint density at radius 2 is 1.67 bits per heavy atom. The highest BCUT2D eigenvalue weighted by molar-refractivity contribution is 5.22. The van der Waals surface area contributed by atoms with E-state index in [0.29, 0.717) is 10.8 Å². The van der Waals surface area contributed by atoms with Gasteiger partial charge >= 0.3 is 0 Å². The van der Waals surface area contributed by atoms with Crippen LogP contribution < -0.4 is 0 Å². The average Bonchev–Trinajstić information content (AvgIpc) is 2.71. The monoisotopic (exact) mass is 287 g/mol. The van der Waals surface area contributed by atoms with Crippen molar-refractivity contribution in [1.29, 1.82) is 0 Å². The first-order valence-electron chi connectivity index (χ1n) is 8.54. The van der Waals surface area contributed by atoms with Crippen LogP contribution in [-0.4, -0.2) is 14.8 Å². The molecule has 21 heavy (non-hydrogen) atoms. The van der Waals surface area contributed by atoms with Crippen LogP contribution in [0.25, 0.3) is 0 Å². The van der Waals surface area contributed by atoms with Gasteiger partial charge in [0, 0.05) is 11.0 Å². The van der Waals surface area contributed by atoms with Crippen molar-refractivity contribution in [2.75, 3.05) is 0 Å². The molecule has 4 aliphatic rings. The molecule has 2 unspecified atom stereocenters. The molecule has 0 aromatic carbocycles. The zero-order chi connectivity index (χ0) is 15.1. The lowest BCUT2D eigenvalue weighted by molar-refractivity contribution is -0.114. The molecule has 0 saturated heterocycles. The van der Waals surface area contributed by atoms with Crippen molar-refractivity contribution in [3.8, 4) is 0 Å². The summed E-state index contributed by atoms with van der Waals surface area (Å²) in [4.78, 5) is 0. The van der Waals surface area contributed by atoms with Gasteiger partial charge in [-0.15, -0.1) is 10.2 Å². The van der Waals surface area contributed by atoms with Crippen LogP contribution in [0.15, 0.2) is 6.33 Å². The lowest BCUT2D eigenvalue weighted by atomic mass is 9.40. The summed E-state index contributed by atoms with van der Waals surface area (Å²) >= 11 is 0. The Morgan fingerprint density at radius 1 is 1.05 bits per heavy atom. The van der Waals surface area contributed by atoms with Gasteiger partial charge in [0.25, 0.3) is 0 Å². The molecule has 0 spiro atoms. The number of nitrogens with zero attached hydrogens (tertiary/aromatic N) is 3. The minimum Gasteiger partial charge on any atom is -0.312 e. The van der Waals surface area contributed by atoms with Crippen molar-refractivity contribution >= 4 is 0 Å². The topological polar surface area (TPSA) is 30.7 Å². The molecular formula is C18H29N3. The van der Waals surface area contributed by atoms with Gasteiger partial charge in [0.05, 0.1) is 0 Å². The maximum atomic E-state index is 4.65. The highest BCUT2D eigenvalue weighted by atomic mass is 15.3. The Kier molecular flexibility index (Phi) is 2.44. The van der Waals surface area contributed by atoms with Crippen LogP contribution in [0.2, 0.25) is 0 Å². The Balaban J connectivity index is 1.84. The van der Waals surface area contributed by atoms with E-state index >= 15 is 0 Å². The molecule has 4 saturated carbocycles. The smallest absolute Gasteiger partial charge is 0.139 e. The second-order valence-corrected chi connectivity index (χ2v) is 10.1. The van der Waals surface area contributed by atoms with Gasteiger partial charge in [-0.2, -0.15) is 0 Å². The standard InChI is InChI=1S/C18H29N3/c1-15(2,3)21-12-19-20-14(21)18-8-13-6-16(4,10-18)9-17(5,7-13)11-18/h12-13H,6-11H2,1-5H3. The molecule has 116 valence electrons. The van der Waals surface area contributed by atoms with Gasteiger partial charge in [0.2, 0.25) is 0 Å². The summed E-state index contributed by atoms with van der Waals surface area (Å²) in [5, 5.41) is 8.95. The van der Waals surface area contributed by atoms with Crippen LogP contribution in [-0.2, 0) is 11.0 Å². The summed E-state index contributed by atoms with van der Waals surface area (Å²) in [5.41, 5.74) is 1.42. The molecule has 4 aliphatic carbocycles. The molecule has 1 heterocycles. The van der Waals surface area contributed by atoms with E-state index in [1.165, 1.54) is 44.3 Å². The minimum absolute atomic E-state index is 0.0734. The maximum Gasteiger partial charge on any atom is 0.139 e. The normalized spacial score (nSPS) is 45.3. The predicted octanol–water partition coefficient (Wildman–Crippen LogP) is 4.28. The van der Waals surface area contributed by atoms with Gasteiger partial charge in [0.1, 0.15) is 12.2 Å². The number of hydrogen-bond donors (Lipinski definition) is 0. The van der Waals surface area contributed by atoms with Crippen molar-refractivity contribution in [1.82, 2.24) is 14.8 Å². The summed E-state index contributed by atoms with van der Waals surface area (Å²) in [7, 11) is 0. The molecule has 3 heteroatoms. The van der Waals surface area contributed by atoms with Gasteiger partial charge in [-0.3, -0.25) is 0 Å². The van der Waals surface area contributed by atoms with E-state index in [9.17, 15) is 0 Å². The van der Waals surface area contributed by atoms with E-state index in [2.05, 4.69) is 49.4 Å². The van der Waals surface area contributed by atoms with Crippen molar-refractivity contribution in [2.24, 2.45) is 16.7 Å². The number of rotatable bonds is 1. The predicted molar refractivity (Wildman–Crippen MR) is 84.1 cm³/mol. The summed E-state index contributed by atoms with van der Waals surface area (Å²) in [6.07, 6.45) is 10.2. The largest absolute Gasteiger partial charge is 0.312 e. The zero-order valence-corrected chi connectivity index (χ0v) is 14.2. The molecule has 4 bridgehead atoms. The molecule has 1 aromatic heterocycles. The molecule has 3 nitrogen and oxygen atoms in total. The summed E-state index contributed by atoms with van der Waals surface area (Å²) in [6.45, 7) is 11.9. The average molecular weight is 287 g/mol. The first kappa shape index (κ1) is 13.8. The van der Waals surface area contributed by atoms with Crippen LogP contribution in [0.3, 0.4) is 0 Å². The third-order valence-corrected chi connectivity index (χ3v) is 6.37. The lowest BCUT2D eigenvalue weighted by Crippen LogP contribution is -2.58. The van der Waals surface area contributed by atoms with E-state index in [1.54, 1.807) is 0 Å². The first-order valence-corrected chi connectivity index (χ1v) is 8.54. The maximum absolute atomic E-state index is 4.65. The van der Waals surface area contributed by atoms with Crippen molar-refractivity contribution in [3.63, 3.8) is 0 Å². The second-order valence-electron chi connectivity index (χ2n) is 10.1. The van der Waals surface area contributed by atoms with E-state index < -0.39 is 0 Å². The second kappa shape index (κ2) is 3.72. The molecule has 0 amide bonds. The molecular weight excluding hydrogens is 258 g/mol. The Morgan fingerprint density at radius 3 is 2.19 bits per heavy atom. The van der Waals surface area contributed by atoms with Gasteiger partial charge < -0.3 is 4.57 Å². The third kappa shape index (κ3) is 1.92. The molecule has 4 fully saturated rings. The minimum atomic E-state index is 0.0734. The summed E-state index contributed by atoms with van der Waals surface area (Å²) < 4.78 is 2.35. The fourth-order valence-electron chi connectivity index (χ4n) is 6.78. The third-order valence-electron chi connectivity index (χ3n) is 6.37. The Labute approximate surface area is 128 Å². The quantitative estimate of drug-likeness (QED) is 0.772. The van der Waals surface area contributed by atoms with Crippen LogP contribution in [0, 0.1) is 16.7 Å². The van der Waals surface area contributed by atoms with E-state index in [-0.39, 0.29) is 11.0 Å². The van der Waals surface area contributed by atoms with Crippen LogP contribution in [0.1, 0.15) is 79.0 Å².